The van der Waals surface area contributed by atoms with Crippen molar-refractivity contribution in [2.24, 2.45) is 0 Å². The summed E-state index contributed by atoms with van der Waals surface area (Å²) < 4.78 is 17.1. The molecule has 5 heteroatoms. The molecule has 0 amide bonds. The fourth-order valence-electron chi connectivity index (χ4n) is 1.71. The predicted octanol–water partition coefficient (Wildman–Crippen LogP) is 0.754. The van der Waals surface area contributed by atoms with Crippen molar-refractivity contribution in [3.63, 3.8) is 0 Å². The lowest BCUT2D eigenvalue weighted by molar-refractivity contribution is -0.166. The van der Waals surface area contributed by atoms with E-state index in [4.69, 9.17) is 0 Å². The van der Waals surface area contributed by atoms with Gasteiger partial charge in [0.2, 0.25) is 0 Å². The molecule has 0 bridgehead atoms. The van der Waals surface area contributed by atoms with Crippen LogP contribution in [0.5, 0.6) is 0 Å². The van der Waals surface area contributed by atoms with Crippen molar-refractivity contribution >= 4 is 11.9 Å². The fraction of sp³-hybridized carbons (Fsp3) is 0.333. The quantitative estimate of drug-likeness (QED) is 0.575. The molecule has 0 unspecified atom stereocenters. The number of nitrogens with zero attached hydrogens (tertiary/aromatic N) is 1. The summed E-state index contributed by atoms with van der Waals surface area (Å²) in [7, 11) is 0. The highest BCUT2D eigenvalue weighted by Crippen LogP contribution is 2.06. The smallest absolute Gasteiger partial charge is 0.327 e. The monoisotopic (exact) mass is 237 g/mol. The lowest BCUT2D eigenvalue weighted by Gasteiger charge is -2.23. The Morgan fingerprint density at radius 1 is 1.12 bits per heavy atom. The Kier molecular flexibility index (Phi) is 3.49. The lowest BCUT2D eigenvalue weighted by Crippen LogP contribution is -2.43. The summed E-state index contributed by atoms with van der Waals surface area (Å²) in [5.41, 5.74) is 0.970. The summed E-state index contributed by atoms with van der Waals surface area (Å²) in [6.07, 6.45) is 0.667. The van der Waals surface area contributed by atoms with E-state index in [0.717, 1.165) is 5.56 Å². The normalized spacial score (nSPS) is 17.0. The third kappa shape index (κ3) is 3.35. The molecule has 1 saturated heterocycles. The van der Waals surface area contributed by atoms with E-state index in [9.17, 15) is 14.0 Å². The molecule has 2 rings (SSSR count). The van der Waals surface area contributed by atoms with Crippen molar-refractivity contribution in [1.82, 2.24) is 4.90 Å². The Morgan fingerprint density at radius 2 is 1.71 bits per heavy atom. The van der Waals surface area contributed by atoms with Gasteiger partial charge in [-0.3, -0.25) is 14.5 Å². The molecule has 0 aliphatic carbocycles. The third-order valence-corrected chi connectivity index (χ3v) is 2.56. The highest BCUT2D eigenvalue weighted by atomic mass is 19.1. The van der Waals surface area contributed by atoms with Crippen LogP contribution in [-0.4, -0.2) is 36.5 Å². The number of esters is 2. The van der Waals surface area contributed by atoms with Crippen LogP contribution in [0.1, 0.15) is 5.56 Å². The summed E-state index contributed by atoms with van der Waals surface area (Å²) in [5.74, 6) is -1.30. The first kappa shape index (κ1) is 11.7. The Labute approximate surface area is 98.0 Å². The fourth-order valence-corrected chi connectivity index (χ4v) is 1.71. The average molecular weight is 237 g/mol. The molecule has 0 atom stereocenters. The van der Waals surface area contributed by atoms with Gasteiger partial charge in [0, 0.05) is 6.54 Å². The SMILES string of the molecule is O=C1CN(CCc2ccc(F)cc2)CC(=O)O1. The number of carbonyl (C=O) groups excluding carboxylic acids is 2. The van der Waals surface area contributed by atoms with Gasteiger partial charge in [-0.25, -0.2) is 4.39 Å². The molecule has 90 valence electrons. The van der Waals surface area contributed by atoms with E-state index in [2.05, 4.69) is 4.74 Å². The number of carbonyl (C=O) groups is 2. The molecule has 0 N–H and O–H groups in total. The summed E-state index contributed by atoms with van der Waals surface area (Å²) >= 11 is 0. The first-order valence-corrected chi connectivity index (χ1v) is 5.34. The summed E-state index contributed by atoms with van der Waals surface area (Å²) in [6.45, 7) is 0.840. The van der Waals surface area contributed by atoms with E-state index in [1.165, 1.54) is 12.1 Å². The zero-order valence-electron chi connectivity index (χ0n) is 9.19. The van der Waals surface area contributed by atoms with Gasteiger partial charge in [-0.05, 0) is 24.1 Å². The molecule has 1 aromatic rings. The number of benzene rings is 1. The van der Waals surface area contributed by atoms with Crippen LogP contribution in [0.4, 0.5) is 4.39 Å². The maximum atomic E-state index is 12.7. The zero-order chi connectivity index (χ0) is 12.3. The van der Waals surface area contributed by atoms with E-state index >= 15 is 0 Å². The Morgan fingerprint density at radius 3 is 2.29 bits per heavy atom. The van der Waals surface area contributed by atoms with Crippen LogP contribution in [0.2, 0.25) is 0 Å². The van der Waals surface area contributed by atoms with Gasteiger partial charge < -0.3 is 4.74 Å². The van der Waals surface area contributed by atoms with Crippen LogP contribution >= 0.6 is 0 Å². The number of halogens is 1. The van der Waals surface area contributed by atoms with Crippen molar-refractivity contribution < 1.29 is 18.7 Å². The Balaban J connectivity index is 1.87. The molecular formula is C12H12FNO3. The minimum absolute atomic E-state index is 0.132. The molecule has 1 aromatic carbocycles. The van der Waals surface area contributed by atoms with E-state index in [-0.39, 0.29) is 18.9 Å². The Hall–Kier alpha value is -1.75. The minimum Gasteiger partial charge on any atom is -0.391 e. The van der Waals surface area contributed by atoms with Crippen molar-refractivity contribution in [3.05, 3.63) is 35.6 Å². The number of ether oxygens (including phenoxy) is 1. The van der Waals surface area contributed by atoms with Gasteiger partial charge in [0.05, 0.1) is 13.1 Å². The molecule has 4 nitrogen and oxygen atoms in total. The van der Waals surface area contributed by atoms with E-state index < -0.39 is 11.9 Å². The maximum absolute atomic E-state index is 12.7. The molecule has 1 aliphatic heterocycles. The second-order valence-electron chi connectivity index (χ2n) is 3.93. The number of hydrogen-bond acceptors (Lipinski definition) is 4. The standard InChI is InChI=1S/C12H12FNO3/c13-10-3-1-9(2-4-10)5-6-14-7-11(15)17-12(16)8-14/h1-4H,5-8H2. The van der Waals surface area contributed by atoms with Crippen LogP contribution in [0, 0.1) is 5.82 Å². The highest BCUT2D eigenvalue weighted by Gasteiger charge is 2.24. The van der Waals surface area contributed by atoms with Crippen LogP contribution in [0.3, 0.4) is 0 Å². The number of cyclic esters (lactones) is 2. The second kappa shape index (κ2) is 5.05. The minimum atomic E-state index is -0.514. The molecule has 1 aliphatic rings. The van der Waals surface area contributed by atoms with Crippen LogP contribution in [0.25, 0.3) is 0 Å². The van der Waals surface area contributed by atoms with Crippen molar-refractivity contribution in [2.75, 3.05) is 19.6 Å². The largest absolute Gasteiger partial charge is 0.391 e. The predicted molar refractivity (Wildman–Crippen MR) is 57.6 cm³/mol. The van der Waals surface area contributed by atoms with Crippen molar-refractivity contribution in [1.29, 1.82) is 0 Å². The molecule has 0 aromatic heterocycles. The lowest BCUT2D eigenvalue weighted by atomic mass is 10.1. The van der Waals surface area contributed by atoms with Crippen LogP contribution in [0.15, 0.2) is 24.3 Å². The van der Waals surface area contributed by atoms with E-state index in [1.807, 2.05) is 0 Å². The third-order valence-electron chi connectivity index (χ3n) is 2.56. The number of hydrogen-bond donors (Lipinski definition) is 0. The van der Waals surface area contributed by atoms with Crippen molar-refractivity contribution in [3.8, 4) is 0 Å². The van der Waals surface area contributed by atoms with Gasteiger partial charge in [0.25, 0.3) is 0 Å². The van der Waals surface area contributed by atoms with Gasteiger partial charge in [0.15, 0.2) is 0 Å². The molecule has 1 heterocycles. The van der Waals surface area contributed by atoms with Gasteiger partial charge in [-0.15, -0.1) is 0 Å². The first-order chi connectivity index (χ1) is 8.13. The van der Waals surface area contributed by atoms with Crippen molar-refractivity contribution in [2.45, 2.75) is 6.42 Å². The summed E-state index contributed by atoms with van der Waals surface area (Å²) in [6, 6.07) is 6.18. The molecular weight excluding hydrogens is 225 g/mol. The maximum Gasteiger partial charge on any atom is 0.327 e. The zero-order valence-corrected chi connectivity index (χ0v) is 9.19. The van der Waals surface area contributed by atoms with Crippen LogP contribution < -0.4 is 0 Å². The molecule has 0 radical (unpaired) electrons. The van der Waals surface area contributed by atoms with Gasteiger partial charge in [-0.1, -0.05) is 12.1 Å². The molecule has 1 fully saturated rings. The van der Waals surface area contributed by atoms with Gasteiger partial charge >= 0.3 is 11.9 Å². The van der Waals surface area contributed by atoms with Gasteiger partial charge in [0.1, 0.15) is 5.82 Å². The highest BCUT2D eigenvalue weighted by molar-refractivity contribution is 5.90. The second-order valence-corrected chi connectivity index (χ2v) is 3.93. The molecule has 0 spiro atoms. The topological polar surface area (TPSA) is 46.6 Å². The molecule has 17 heavy (non-hydrogen) atoms. The van der Waals surface area contributed by atoms with Gasteiger partial charge in [-0.2, -0.15) is 0 Å². The number of rotatable bonds is 3. The summed E-state index contributed by atoms with van der Waals surface area (Å²) in [5, 5.41) is 0. The Bertz CT molecular complexity index is 414. The molecule has 0 saturated carbocycles. The summed E-state index contributed by atoms with van der Waals surface area (Å²) in [4.78, 5) is 23.7. The average Bonchev–Trinajstić information content (AvgIpc) is 2.27. The van der Waals surface area contributed by atoms with Crippen LogP contribution in [-0.2, 0) is 20.7 Å². The van der Waals surface area contributed by atoms with E-state index in [1.54, 1.807) is 17.0 Å². The van der Waals surface area contributed by atoms with E-state index in [0.29, 0.717) is 13.0 Å². The number of morpholine rings is 1. The first-order valence-electron chi connectivity index (χ1n) is 5.34.